The largest absolute Gasteiger partial charge is 0.496 e. The quantitative estimate of drug-likeness (QED) is 0.753. The molecule has 76 valence electrons. The van der Waals surface area contributed by atoms with Crippen LogP contribution in [0.2, 0.25) is 0 Å². The average Bonchev–Trinajstić information content (AvgIpc) is 3.11. The van der Waals surface area contributed by atoms with Crippen molar-refractivity contribution in [1.29, 1.82) is 0 Å². The van der Waals surface area contributed by atoms with E-state index in [0.717, 1.165) is 12.3 Å². The van der Waals surface area contributed by atoms with E-state index in [1.54, 1.807) is 7.11 Å². The van der Waals surface area contributed by atoms with Gasteiger partial charge < -0.3 is 10.1 Å². The summed E-state index contributed by atoms with van der Waals surface area (Å²) in [6, 6.07) is 13.1. The van der Waals surface area contributed by atoms with Crippen molar-refractivity contribution in [3.63, 3.8) is 0 Å². The third-order valence-corrected chi connectivity index (χ3v) is 2.91. The van der Waals surface area contributed by atoms with Crippen molar-refractivity contribution in [2.24, 2.45) is 0 Å². The Balaban J connectivity index is 2.32. The smallest absolute Gasteiger partial charge is 0.124 e. The Bertz CT molecular complexity index is 503. The molecule has 1 saturated heterocycles. The molecule has 2 nitrogen and oxygen atoms in total. The van der Waals surface area contributed by atoms with Crippen LogP contribution < -0.4 is 10.1 Å². The van der Waals surface area contributed by atoms with Crippen molar-refractivity contribution in [3.05, 3.63) is 42.0 Å². The molecular formula is C13H13NO. The molecule has 3 rings (SSSR count). The van der Waals surface area contributed by atoms with E-state index >= 15 is 0 Å². The fraction of sp³-hybridized carbons (Fsp3) is 0.231. The summed E-state index contributed by atoms with van der Waals surface area (Å²) in [7, 11) is 1.73. The lowest BCUT2D eigenvalue weighted by atomic mass is 10.0. The maximum Gasteiger partial charge on any atom is 0.124 e. The van der Waals surface area contributed by atoms with Crippen LogP contribution in [0, 0.1) is 0 Å². The lowest BCUT2D eigenvalue weighted by molar-refractivity contribution is 0.410. The number of ether oxygens (including phenoxy) is 1. The van der Waals surface area contributed by atoms with Gasteiger partial charge in [0.15, 0.2) is 0 Å². The minimum absolute atomic E-state index is 0.478. The molecule has 1 aliphatic rings. The Hall–Kier alpha value is -1.54. The van der Waals surface area contributed by atoms with Gasteiger partial charge in [-0.15, -0.1) is 0 Å². The number of hydrogen-bond donors (Lipinski definition) is 1. The molecule has 0 aromatic heterocycles. The SMILES string of the molecule is COc1ccc2ccccc2c1[C@H]1CN1. The highest BCUT2D eigenvalue weighted by atomic mass is 16.5. The van der Waals surface area contributed by atoms with Crippen LogP contribution in [0.5, 0.6) is 5.75 Å². The van der Waals surface area contributed by atoms with Crippen molar-refractivity contribution in [3.8, 4) is 5.75 Å². The van der Waals surface area contributed by atoms with Crippen molar-refractivity contribution < 1.29 is 4.74 Å². The van der Waals surface area contributed by atoms with Gasteiger partial charge in [0.05, 0.1) is 7.11 Å². The van der Waals surface area contributed by atoms with Gasteiger partial charge in [-0.25, -0.2) is 0 Å². The molecule has 15 heavy (non-hydrogen) atoms. The first-order valence-corrected chi connectivity index (χ1v) is 5.19. The lowest BCUT2D eigenvalue weighted by Gasteiger charge is -2.10. The van der Waals surface area contributed by atoms with Crippen molar-refractivity contribution in [2.75, 3.05) is 13.7 Å². The zero-order valence-electron chi connectivity index (χ0n) is 8.66. The lowest BCUT2D eigenvalue weighted by Crippen LogP contribution is -1.93. The van der Waals surface area contributed by atoms with E-state index in [4.69, 9.17) is 4.74 Å². The Morgan fingerprint density at radius 3 is 2.73 bits per heavy atom. The molecule has 0 radical (unpaired) electrons. The zero-order valence-corrected chi connectivity index (χ0v) is 8.66. The number of hydrogen-bond acceptors (Lipinski definition) is 2. The second-order valence-corrected chi connectivity index (χ2v) is 3.86. The van der Waals surface area contributed by atoms with Crippen LogP contribution in [-0.2, 0) is 0 Å². The number of fused-ring (bicyclic) bond motifs is 1. The summed E-state index contributed by atoms with van der Waals surface area (Å²) in [6.45, 7) is 1.06. The highest BCUT2D eigenvalue weighted by Gasteiger charge is 2.27. The van der Waals surface area contributed by atoms with Crippen LogP contribution in [0.1, 0.15) is 11.6 Å². The normalized spacial score (nSPS) is 19.1. The molecule has 0 bridgehead atoms. The van der Waals surface area contributed by atoms with Crippen molar-refractivity contribution in [2.45, 2.75) is 6.04 Å². The highest BCUT2D eigenvalue weighted by molar-refractivity contribution is 5.88. The van der Waals surface area contributed by atoms with E-state index in [1.807, 2.05) is 0 Å². The van der Waals surface area contributed by atoms with Crippen LogP contribution in [-0.4, -0.2) is 13.7 Å². The molecule has 2 aromatic rings. The predicted molar refractivity (Wildman–Crippen MR) is 61.2 cm³/mol. The Labute approximate surface area is 88.9 Å². The third kappa shape index (κ3) is 1.38. The van der Waals surface area contributed by atoms with E-state index in [2.05, 4.69) is 41.7 Å². The molecule has 1 fully saturated rings. The van der Waals surface area contributed by atoms with Gasteiger partial charge in [-0.1, -0.05) is 30.3 Å². The molecule has 1 aliphatic heterocycles. The first-order valence-electron chi connectivity index (χ1n) is 5.19. The van der Waals surface area contributed by atoms with Gasteiger partial charge in [0.1, 0.15) is 5.75 Å². The van der Waals surface area contributed by atoms with Crippen molar-refractivity contribution >= 4 is 10.8 Å². The summed E-state index contributed by atoms with van der Waals surface area (Å²) in [5, 5.41) is 5.92. The van der Waals surface area contributed by atoms with Gasteiger partial charge in [0, 0.05) is 18.2 Å². The Morgan fingerprint density at radius 1 is 1.20 bits per heavy atom. The average molecular weight is 199 g/mol. The summed E-state index contributed by atoms with van der Waals surface area (Å²) in [6.07, 6.45) is 0. The first kappa shape index (κ1) is 8.74. The second-order valence-electron chi connectivity index (χ2n) is 3.86. The molecule has 0 amide bonds. The van der Waals surface area contributed by atoms with Gasteiger partial charge in [0.25, 0.3) is 0 Å². The van der Waals surface area contributed by atoms with Crippen LogP contribution in [0.15, 0.2) is 36.4 Å². The molecule has 1 atom stereocenters. The molecule has 0 spiro atoms. The minimum atomic E-state index is 0.478. The van der Waals surface area contributed by atoms with E-state index in [9.17, 15) is 0 Å². The molecule has 2 heteroatoms. The number of benzene rings is 2. The number of nitrogens with one attached hydrogen (secondary N) is 1. The number of rotatable bonds is 2. The summed E-state index contributed by atoms with van der Waals surface area (Å²) in [4.78, 5) is 0. The molecule has 0 saturated carbocycles. The monoisotopic (exact) mass is 199 g/mol. The van der Waals surface area contributed by atoms with E-state index < -0.39 is 0 Å². The van der Waals surface area contributed by atoms with E-state index in [-0.39, 0.29) is 0 Å². The first-order chi connectivity index (χ1) is 7.40. The van der Waals surface area contributed by atoms with Crippen LogP contribution in [0.3, 0.4) is 0 Å². The maximum absolute atomic E-state index is 5.41. The summed E-state index contributed by atoms with van der Waals surface area (Å²) < 4.78 is 5.41. The second kappa shape index (κ2) is 3.24. The summed E-state index contributed by atoms with van der Waals surface area (Å²) in [5.74, 6) is 0.990. The van der Waals surface area contributed by atoms with Gasteiger partial charge in [-0.05, 0) is 16.8 Å². The molecule has 1 N–H and O–H groups in total. The Kier molecular flexibility index (Phi) is 1.89. The number of methoxy groups -OCH3 is 1. The van der Waals surface area contributed by atoms with Crippen molar-refractivity contribution in [1.82, 2.24) is 5.32 Å². The predicted octanol–water partition coefficient (Wildman–Crippen LogP) is 2.49. The van der Waals surface area contributed by atoms with Gasteiger partial charge in [0.2, 0.25) is 0 Å². The van der Waals surface area contributed by atoms with E-state index in [1.165, 1.54) is 16.3 Å². The molecule has 1 heterocycles. The van der Waals surface area contributed by atoms with Crippen LogP contribution >= 0.6 is 0 Å². The highest BCUT2D eigenvalue weighted by Crippen LogP contribution is 2.36. The maximum atomic E-state index is 5.41. The molecule has 0 unspecified atom stereocenters. The molecule has 0 aliphatic carbocycles. The van der Waals surface area contributed by atoms with Gasteiger partial charge in [-0.3, -0.25) is 0 Å². The third-order valence-electron chi connectivity index (χ3n) is 2.91. The fourth-order valence-corrected chi connectivity index (χ4v) is 2.08. The standard InChI is InChI=1S/C13H13NO/c1-15-12-7-6-9-4-2-3-5-10(9)13(12)11-8-14-11/h2-7,11,14H,8H2,1H3/t11-/m1/s1. The molecular weight excluding hydrogens is 186 g/mol. The van der Waals surface area contributed by atoms with E-state index in [0.29, 0.717) is 6.04 Å². The topological polar surface area (TPSA) is 31.2 Å². The van der Waals surface area contributed by atoms with Gasteiger partial charge in [-0.2, -0.15) is 0 Å². The van der Waals surface area contributed by atoms with Crippen LogP contribution in [0.4, 0.5) is 0 Å². The van der Waals surface area contributed by atoms with Gasteiger partial charge >= 0.3 is 0 Å². The van der Waals surface area contributed by atoms with Crippen LogP contribution in [0.25, 0.3) is 10.8 Å². The zero-order chi connectivity index (χ0) is 10.3. The Morgan fingerprint density at radius 2 is 2.00 bits per heavy atom. The fourth-order valence-electron chi connectivity index (χ4n) is 2.08. The summed E-state index contributed by atoms with van der Waals surface area (Å²) >= 11 is 0. The summed E-state index contributed by atoms with van der Waals surface area (Å²) in [5.41, 5.74) is 1.30. The minimum Gasteiger partial charge on any atom is -0.496 e. The molecule has 2 aromatic carbocycles.